The van der Waals surface area contributed by atoms with Gasteiger partial charge in [-0.2, -0.15) is 0 Å². The molecule has 0 unspecified atom stereocenters. The van der Waals surface area contributed by atoms with Crippen molar-refractivity contribution >= 4 is 33.9 Å². The van der Waals surface area contributed by atoms with E-state index < -0.39 is 5.60 Å². The van der Waals surface area contributed by atoms with Crippen LogP contribution in [0.2, 0.25) is 0 Å². The molecule has 0 bridgehead atoms. The molecular formula is C47H49N3O5. The van der Waals surface area contributed by atoms with Crippen LogP contribution < -0.4 is 24.2 Å². The summed E-state index contributed by atoms with van der Waals surface area (Å²) in [6.07, 6.45) is 4.65. The Balaban J connectivity index is 1.19. The maximum atomic E-state index is 7.73. The zero-order valence-corrected chi connectivity index (χ0v) is 32.1. The number of benzene rings is 5. The first kappa shape index (κ1) is 34.5. The highest BCUT2D eigenvalue weighted by molar-refractivity contribution is 6.10. The Labute approximate surface area is 323 Å². The van der Waals surface area contributed by atoms with E-state index in [1.165, 1.54) is 39.0 Å². The number of ether oxygens (including phenoxy) is 5. The van der Waals surface area contributed by atoms with Gasteiger partial charge in [-0.3, -0.25) is 0 Å². The molecule has 0 aromatic heterocycles. The Kier molecular flexibility index (Phi) is 8.54. The van der Waals surface area contributed by atoms with Crippen molar-refractivity contribution < 1.29 is 23.7 Å². The lowest BCUT2D eigenvalue weighted by Gasteiger charge is -2.39. The summed E-state index contributed by atoms with van der Waals surface area (Å²) in [6, 6.07) is 31.5. The molecule has 3 saturated heterocycles. The SMILES string of the molecule is COc1cc2c3c(c4c(c2cc1N1CCOCC1)-c1ccccc1C4(C)C)C=CC(c1ccc(N2CCOCC2)cc1)(c1ccc(N2CCOCC2)cc1)O3. The number of nitrogens with zero attached hydrogens (tertiary/aromatic N) is 3. The second-order valence-corrected chi connectivity index (χ2v) is 15.8. The quantitative estimate of drug-likeness (QED) is 0.174. The standard InChI is InChI=1S/C47H49N3O5/c1-46(2)40-7-5-4-6-36(40)43-38-30-41(50-22-28-54-29-23-50)42(51-3)31-39(38)45-37(44(43)46)16-17-47(55-45,32-8-12-34(13-9-32)48-18-24-52-25-19-48)33-10-14-35(15-11-33)49-20-26-53-27-21-49/h4-17,30-31H,18-29H2,1-3H3. The molecule has 1 aliphatic carbocycles. The molecule has 0 atom stereocenters. The van der Waals surface area contributed by atoms with Crippen molar-refractivity contribution in [1.82, 2.24) is 0 Å². The van der Waals surface area contributed by atoms with Crippen LogP contribution >= 0.6 is 0 Å². The van der Waals surface area contributed by atoms with E-state index in [9.17, 15) is 0 Å². The summed E-state index contributed by atoms with van der Waals surface area (Å²) in [5.74, 6) is 1.73. The number of hydrogen-bond donors (Lipinski definition) is 0. The number of hydrogen-bond acceptors (Lipinski definition) is 8. The predicted octanol–water partition coefficient (Wildman–Crippen LogP) is 8.01. The summed E-state index contributed by atoms with van der Waals surface area (Å²) in [7, 11) is 1.78. The van der Waals surface area contributed by atoms with Gasteiger partial charge in [-0.1, -0.05) is 68.5 Å². The normalized spacial score (nSPS) is 19.8. The molecule has 0 radical (unpaired) electrons. The van der Waals surface area contributed by atoms with Crippen molar-refractivity contribution in [2.45, 2.75) is 24.9 Å². The molecule has 3 fully saturated rings. The third kappa shape index (κ3) is 5.60. The summed E-state index contributed by atoms with van der Waals surface area (Å²) in [4.78, 5) is 7.20. The zero-order valence-electron chi connectivity index (χ0n) is 32.1. The molecule has 8 nitrogen and oxygen atoms in total. The maximum absolute atomic E-state index is 7.73. The molecule has 5 aromatic rings. The van der Waals surface area contributed by atoms with Gasteiger partial charge in [0.05, 0.1) is 52.4 Å². The van der Waals surface area contributed by atoms with Crippen molar-refractivity contribution in [3.05, 3.63) is 119 Å². The van der Waals surface area contributed by atoms with Crippen LogP contribution in [0.1, 0.15) is 41.7 Å². The van der Waals surface area contributed by atoms with Crippen molar-refractivity contribution in [2.24, 2.45) is 0 Å². The lowest BCUT2D eigenvalue weighted by Crippen LogP contribution is -2.37. The smallest absolute Gasteiger partial charge is 0.178 e. The topological polar surface area (TPSA) is 55.9 Å². The lowest BCUT2D eigenvalue weighted by atomic mass is 9.76. The molecule has 5 aromatic carbocycles. The summed E-state index contributed by atoms with van der Waals surface area (Å²) in [5, 5.41) is 2.24. The van der Waals surface area contributed by atoms with Gasteiger partial charge in [0.15, 0.2) is 5.60 Å². The maximum Gasteiger partial charge on any atom is 0.178 e. The van der Waals surface area contributed by atoms with E-state index in [1.54, 1.807) is 7.11 Å². The zero-order chi connectivity index (χ0) is 37.1. The first-order valence-electron chi connectivity index (χ1n) is 19.9. The Bertz CT molecular complexity index is 2200. The minimum absolute atomic E-state index is 0.240. The van der Waals surface area contributed by atoms with Gasteiger partial charge in [0, 0.05) is 78.1 Å². The largest absolute Gasteiger partial charge is 0.495 e. The summed E-state index contributed by atoms with van der Waals surface area (Å²) in [6.45, 7) is 14.3. The average Bonchev–Trinajstić information content (AvgIpc) is 3.50. The minimum Gasteiger partial charge on any atom is -0.495 e. The molecule has 282 valence electrons. The van der Waals surface area contributed by atoms with Gasteiger partial charge in [-0.05, 0) is 70.1 Å². The highest BCUT2D eigenvalue weighted by atomic mass is 16.5. The molecule has 5 aliphatic rings. The molecule has 4 heterocycles. The minimum atomic E-state index is -0.882. The van der Waals surface area contributed by atoms with E-state index in [0.717, 1.165) is 105 Å². The first-order valence-corrected chi connectivity index (χ1v) is 19.9. The van der Waals surface area contributed by atoms with Crippen molar-refractivity contribution in [2.75, 3.05) is 101 Å². The van der Waals surface area contributed by atoms with Crippen LogP contribution in [0.15, 0.2) is 91.0 Å². The van der Waals surface area contributed by atoms with Crippen molar-refractivity contribution in [3.63, 3.8) is 0 Å². The van der Waals surface area contributed by atoms with E-state index in [0.29, 0.717) is 13.2 Å². The third-order valence-electron chi connectivity index (χ3n) is 12.5. The summed E-state index contributed by atoms with van der Waals surface area (Å²) >= 11 is 0. The van der Waals surface area contributed by atoms with E-state index >= 15 is 0 Å². The molecule has 0 spiro atoms. The van der Waals surface area contributed by atoms with E-state index in [-0.39, 0.29) is 5.41 Å². The summed E-state index contributed by atoms with van der Waals surface area (Å²) in [5.41, 5.74) is 10.9. The molecule has 8 heteroatoms. The molecule has 4 aliphatic heterocycles. The Morgan fingerprint density at radius 1 is 0.618 bits per heavy atom. The molecule has 0 N–H and O–H groups in total. The van der Waals surface area contributed by atoms with Crippen LogP contribution in [0.3, 0.4) is 0 Å². The number of methoxy groups -OCH3 is 1. The van der Waals surface area contributed by atoms with Gasteiger partial charge < -0.3 is 38.4 Å². The van der Waals surface area contributed by atoms with Gasteiger partial charge in [-0.25, -0.2) is 0 Å². The molecule has 0 amide bonds. The van der Waals surface area contributed by atoms with Crippen LogP contribution in [0, 0.1) is 0 Å². The molecular weight excluding hydrogens is 687 g/mol. The second-order valence-electron chi connectivity index (χ2n) is 15.8. The van der Waals surface area contributed by atoms with Gasteiger partial charge in [0.25, 0.3) is 0 Å². The summed E-state index contributed by atoms with van der Waals surface area (Å²) < 4.78 is 31.0. The Hall–Kier alpha value is -5.02. The fourth-order valence-electron chi connectivity index (χ4n) is 9.64. The number of rotatable bonds is 6. The van der Waals surface area contributed by atoms with E-state index in [2.05, 4.69) is 126 Å². The average molecular weight is 736 g/mol. The van der Waals surface area contributed by atoms with E-state index in [1.807, 2.05) is 0 Å². The van der Waals surface area contributed by atoms with Gasteiger partial charge in [0.1, 0.15) is 11.5 Å². The van der Waals surface area contributed by atoms with Gasteiger partial charge >= 0.3 is 0 Å². The van der Waals surface area contributed by atoms with Crippen molar-refractivity contribution in [3.8, 4) is 22.6 Å². The number of anilines is 3. The second kappa shape index (κ2) is 13.6. The van der Waals surface area contributed by atoms with Crippen LogP contribution in [-0.2, 0) is 25.2 Å². The van der Waals surface area contributed by atoms with Crippen LogP contribution in [0.25, 0.3) is 28.0 Å². The number of fused-ring (bicyclic) bond motifs is 8. The first-order chi connectivity index (χ1) is 27.0. The molecule has 0 saturated carbocycles. The Morgan fingerprint density at radius 3 is 1.73 bits per heavy atom. The highest BCUT2D eigenvalue weighted by Crippen LogP contribution is 2.59. The molecule has 55 heavy (non-hydrogen) atoms. The predicted molar refractivity (Wildman–Crippen MR) is 220 cm³/mol. The fourth-order valence-corrected chi connectivity index (χ4v) is 9.64. The highest BCUT2D eigenvalue weighted by Gasteiger charge is 2.44. The lowest BCUT2D eigenvalue weighted by molar-refractivity contribution is 0.122. The van der Waals surface area contributed by atoms with Gasteiger partial charge in [0.2, 0.25) is 0 Å². The Morgan fingerprint density at radius 2 is 1.16 bits per heavy atom. The van der Waals surface area contributed by atoms with Crippen LogP contribution in [0.5, 0.6) is 11.5 Å². The van der Waals surface area contributed by atoms with Crippen LogP contribution in [-0.4, -0.2) is 86.0 Å². The van der Waals surface area contributed by atoms with Crippen molar-refractivity contribution in [1.29, 1.82) is 0 Å². The molecule has 10 rings (SSSR count). The third-order valence-corrected chi connectivity index (χ3v) is 12.5. The van der Waals surface area contributed by atoms with Gasteiger partial charge in [-0.15, -0.1) is 0 Å². The van der Waals surface area contributed by atoms with Crippen LogP contribution in [0.4, 0.5) is 17.1 Å². The monoisotopic (exact) mass is 735 g/mol. The fraction of sp³-hybridized carbons (Fsp3) is 0.362. The number of morpholine rings is 3. The van der Waals surface area contributed by atoms with E-state index in [4.69, 9.17) is 23.7 Å².